The quantitative estimate of drug-likeness (QED) is 0.857. The maximum absolute atomic E-state index is 12.0. The molecule has 0 unspecified atom stereocenters. The second-order valence-corrected chi connectivity index (χ2v) is 5.01. The molecule has 0 spiro atoms. The monoisotopic (exact) mass is 278 g/mol. The molecular formula is C15H22N2O3. The Balaban J connectivity index is 1.82. The minimum Gasteiger partial charge on any atom is -0.504 e. The van der Waals surface area contributed by atoms with Crippen LogP contribution in [0.5, 0.6) is 11.5 Å². The molecule has 0 aliphatic carbocycles. The summed E-state index contributed by atoms with van der Waals surface area (Å²) in [5.41, 5.74) is 0.732. The molecule has 5 nitrogen and oxygen atoms in total. The van der Waals surface area contributed by atoms with Crippen molar-refractivity contribution < 1.29 is 14.6 Å². The maximum atomic E-state index is 12.0. The molecule has 1 amide bonds. The summed E-state index contributed by atoms with van der Waals surface area (Å²) in [5.74, 6) is 0.715. The van der Waals surface area contributed by atoms with Crippen LogP contribution in [0.15, 0.2) is 18.2 Å². The average molecular weight is 278 g/mol. The lowest BCUT2D eigenvalue weighted by Crippen LogP contribution is -2.40. The fourth-order valence-electron chi connectivity index (χ4n) is 2.43. The van der Waals surface area contributed by atoms with Gasteiger partial charge in [-0.05, 0) is 25.3 Å². The molecule has 2 N–H and O–H groups in total. The number of phenolic OH excluding ortho intramolecular Hbond substituents is 1. The highest BCUT2D eigenvalue weighted by molar-refractivity contribution is 5.78. The van der Waals surface area contributed by atoms with Gasteiger partial charge in [-0.3, -0.25) is 4.79 Å². The Bertz CT molecular complexity index is 456. The van der Waals surface area contributed by atoms with Crippen molar-refractivity contribution in [2.75, 3.05) is 26.7 Å². The number of rotatable bonds is 5. The van der Waals surface area contributed by atoms with Crippen molar-refractivity contribution in [3.8, 4) is 11.5 Å². The highest BCUT2D eigenvalue weighted by Crippen LogP contribution is 2.28. The number of nitrogens with one attached hydrogen (secondary N) is 1. The van der Waals surface area contributed by atoms with Crippen LogP contribution in [0.2, 0.25) is 0 Å². The number of aromatic hydroxyl groups is 1. The van der Waals surface area contributed by atoms with Crippen LogP contribution in [-0.4, -0.2) is 42.7 Å². The van der Waals surface area contributed by atoms with E-state index in [1.165, 1.54) is 13.5 Å². The molecule has 2 rings (SSSR count). The van der Waals surface area contributed by atoms with Gasteiger partial charge in [-0.1, -0.05) is 12.1 Å². The second kappa shape index (κ2) is 7.14. The van der Waals surface area contributed by atoms with E-state index in [1.54, 1.807) is 6.07 Å². The molecule has 1 saturated heterocycles. The minimum absolute atomic E-state index is 0.132. The van der Waals surface area contributed by atoms with Gasteiger partial charge >= 0.3 is 0 Å². The van der Waals surface area contributed by atoms with Gasteiger partial charge in [0.1, 0.15) is 0 Å². The Kier molecular flexibility index (Phi) is 5.24. The maximum Gasteiger partial charge on any atom is 0.236 e. The highest BCUT2D eigenvalue weighted by Gasteiger charge is 2.16. The number of piperidine rings is 1. The molecule has 1 aliphatic rings. The number of para-hydroxylation sites is 1. The minimum atomic E-state index is 0.132. The first-order valence-electron chi connectivity index (χ1n) is 7.05. The summed E-state index contributed by atoms with van der Waals surface area (Å²) in [6, 6.07) is 5.34. The van der Waals surface area contributed by atoms with Crippen LogP contribution >= 0.6 is 0 Å². The van der Waals surface area contributed by atoms with Crippen LogP contribution in [0.4, 0.5) is 0 Å². The average Bonchev–Trinajstić information content (AvgIpc) is 2.49. The topological polar surface area (TPSA) is 61.8 Å². The summed E-state index contributed by atoms with van der Waals surface area (Å²) in [6.07, 6.45) is 3.42. The molecule has 20 heavy (non-hydrogen) atoms. The van der Waals surface area contributed by atoms with E-state index in [0.29, 0.717) is 18.8 Å². The Hall–Kier alpha value is -1.75. The molecular weight excluding hydrogens is 256 g/mol. The third-order valence-corrected chi connectivity index (χ3v) is 3.60. The molecule has 110 valence electrons. The number of amides is 1. The highest BCUT2D eigenvalue weighted by atomic mass is 16.5. The van der Waals surface area contributed by atoms with Crippen LogP contribution < -0.4 is 10.1 Å². The summed E-state index contributed by atoms with van der Waals surface area (Å²) >= 11 is 0. The number of likely N-dealkylation sites (tertiary alicyclic amines) is 1. The van der Waals surface area contributed by atoms with E-state index < -0.39 is 0 Å². The fraction of sp³-hybridized carbons (Fsp3) is 0.533. The van der Waals surface area contributed by atoms with Crippen LogP contribution in [0, 0.1) is 0 Å². The van der Waals surface area contributed by atoms with E-state index in [0.717, 1.165) is 31.5 Å². The van der Waals surface area contributed by atoms with E-state index in [9.17, 15) is 9.90 Å². The molecule has 1 aliphatic heterocycles. The molecule has 1 aromatic rings. The molecule has 0 bridgehead atoms. The molecule has 5 heteroatoms. The molecule has 1 fully saturated rings. The van der Waals surface area contributed by atoms with E-state index in [-0.39, 0.29) is 11.7 Å². The van der Waals surface area contributed by atoms with E-state index in [2.05, 4.69) is 5.32 Å². The van der Waals surface area contributed by atoms with Gasteiger partial charge in [0, 0.05) is 25.2 Å². The van der Waals surface area contributed by atoms with Crippen molar-refractivity contribution in [1.29, 1.82) is 0 Å². The number of phenols is 1. The van der Waals surface area contributed by atoms with Gasteiger partial charge in [-0.2, -0.15) is 0 Å². The van der Waals surface area contributed by atoms with Crippen molar-refractivity contribution in [1.82, 2.24) is 10.2 Å². The lowest BCUT2D eigenvalue weighted by molar-refractivity contribution is -0.131. The van der Waals surface area contributed by atoms with Crippen LogP contribution in [0.25, 0.3) is 0 Å². The number of methoxy groups -OCH3 is 1. The molecule has 0 atom stereocenters. The zero-order valence-electron chi connectivity index (χ0n) is 11.9. The van der Waals surface area contributed by atoms with Gasteiger partial charge in [-0.15, -0.1) is 0 Å². The first-order chi connectivity index (χ1) is 9.72. The summed E-state index contributed by atoms with van der Waals surface area (Å²) in [7, 11) is 1.52. The van der Waals surface area contributed by atoms with Crippen molar-refractivity contribution in [3.63, 3.8) is 0 Å². The number of benzene rings is 1. The van der Waals surface area contributed by atoms with Gasteiger partial charge in [0.25, 0.3) is 0 Å². The summed E-state index contributed by atoms with van der Waals surface area (Å²) in [5, 5.41) is 13.0. The summed E-state index contributed by atoms with van der Waals surface area (Å²) in [6.45, 7) is 2.48. The molecule has 0 radical (unpaired) electrons. The van der Waals surface area contributed by atoms with Crippen molar-refractivity contribution in [2.45, 2.75) is 25.8 Å². The molecule has 0 aromatic heterocycles. The SMILES string of the molecule is COc1cccc(CNCC(=O)N2CCCCC2)c1O. The van der Waals surface area contributed by atoms with Gasteiger partial charge in [0.15, 0.2) is 11.5 Å². The number of hydrogen-bond acceptors (Lipinski definition) is 4. The van der Waals surface area contributed by atoms with Crippen molar-refractivity contribution >= 4 is 5.91 Å². The number of nitrogens with zero attached hydrogens (tertiary/aromatic N) is 1. The van der Waals surface area contributed by atoms with Crippen molar-refractivity contribution in [2.24, 2.45) is 0 Å². The lowest BCUT2D eigenvalue weighted by Gasteiger charge is -2.26. The number of hydrogen-bond donors (Lipinski definition) is 2. The van der Waals surface area contributed by atoms with Gasteiger partial charge in [0.2, 0.25) is 5.91 Å². The first-order valence-corrected chi connectivity index (χ1v) is 7.05. The van der Waals surface area contributed by atoms with Gasteiger partial charge in [0.05, 0.1) is 13.7 Å². The van der Waals surface area contributed by atoms with Crippen LogP contribution in [-0.2, 0) is 11.3 Å². The zero-order valence-corrected chi connectivity index (χ0v) is 11.9. The standard InChI is InChI=1S/C15H22N2O3/c1-20-13-7-5-6-12(15(13)19)10-16-11-14(18)17-8-3-2-4-9-17/h5-7,16,19H,2-4,8-11H2,1H3. The van der Waals surface area contributed by atoms with Crippen LogP contribution in [0.1, 0.15) is 24.8 Å². The van der Waals surface area contributed by atoms with Gasteiger partial charge < -0.3 is 20.1 Å². The summed E-state index contributed by atoms with van der Waals surface area (Å²) < 4.78 is 5.06. The second-order valence-electron chi connectivity index (χ2n) is 5.01. The number of carbonyl (C=O) groups is 1. The Morgan fingerprint density at radius 2 is 2.10 bits per heavy atom. The smallest absolute Gasteiger partial charge is 0.236 e. The first kappa shape index (κ1) is 14.7. The largest absolute Gasteiger partial charge is 0.504 e. The number of carbonyl (C=O) groups excluding carboxylic acids is 1. The van der Waals surface area contributed by atoms with E-state index >= 15 is 0 Å². The fourth-order valence-corrected chi connectivity index (χ4v) is 2.43. The van der Waals surface area contributed by atoms with Gasteiger partial charge in [-0.25, -0.2) is 0 Å². The molecule has 1 heterocycles. The third kappa shape index (κ3) is 3.63. The normalized spacial score (nSPS) is 15.2. The zero-order chi connectivity index (χ0) is 14.4. The lowest BCUT2D eigenvalue weighted by atomic mass is 10.1. The van der Waals surface area contributed by atoms with Crippen molar-refractivity contribution in [3.05, 3.63) is 23.8 Å². The molecule has 1 aromatic carbocycles. The Morgan fingerprint density at radius 1 is 1.35 bits per heavy atom. The third-order valence-electron chi connectivity index (χ3n) is 3.60. The predicted octanol–water partition coefficient (Wildman–Crippen LogP) is 1.50. The van der Waals surface area contributed by atoms with E-state index in [1.807, 2.05) is 17.0 Å². The van der Waals surface area contributed by atoms with E-state index in [4.69, 9.17) is 4.74 Å². The Morgan fingerprint density at radius 3 is 2.80 bits per heavy atom. The van der Waals surface area contributed by atoms with Crippen LogP contribution in [0.3, 0.4) is 0 Å². The number of ether oxygens (including phenoxy) is 1. The predicted molar refractivity (Wildman–Crippen MR) is 76.8 cm³/mol. The Labute approximate surface area is 119 Å². The molecule has 0 saturated carbocycles. The summed E-state index contributed by atoms with van der Waals surface area (Å²) in [4.78, 5) is 13.9.